The summed E-state index contributed by atoms with van der Waals surface area (Å²) in [7, 11) is 0. The standard InChI is InChI=1S/C59H38OS2/c1-2-9-40-33-43(23-20-37(40)8-1)46-12-7-13-54-58(46)52-34-44(26-31-53(52)60-54)45(27-16-36-17-28-47-42(32-36)25-30-51-49-11-4-6-15-56(49)62-59(47)51)39-21-18-38(19-22-39)41-24-29-50-48-10-3-5-14-55(48)61-57(50)35-41/h1-15,17-26,28-35,45H,16,27H2. The first-order valence-electron chi connectivity index (χ1n) is 21.5. The van der Waals surface area contributed by atoms with Gasteiger partial charge in [-0.3, -0.25) is 0 Å². The number of hydrogen-bond donors (Lipinski definition) is 0. The monoisotopic (exact) mass is 826 g/mol. The van der Waals surface area contributed by atoms with Crippen molar-refractivity contribution in [3.63, 3.8) is 0 Å². The first-order valence-corrected chi connectivity index (χ1v) is 23.1. The van der Waals surface area contributed by atoms with E-state index in [-0.39, 0.29) is 5.92 Å². The summed E-state index contributed by atoms with van der Waals surface area (Å²) in [4.78, 5) is 0. The van der Waals surface area contributed by atoms with Crippen LogP contribution in [0.3, 0.4) is 0 Å². The van der Waals surface area contributed by atoms with E-state index in [9.17, 15) is 0 Å². The van der Waals surface area contributed by atoms with E-state index in [1.54, 1.807) is 0 Å². The smallest absolute Gasteiger partial charge is 0.136 e. The zero-order valence-electron chi connectivity index (χ0n) is 33.8. The molecule has 292 valence electrons. The summed E-state index contributed by atoms with van der Waals surface area (Å²) < 4.78 is 12.0. The van der Waals surface area contributed by atoms with Crippen molar-refractivity contribution < 1.29 is 4.42 Å². The minimum absolute atomic E-state index is 0.178. The van der Waals surface area contributed by atoms with E-state index >= 15 is 0 Å². The lowest BCUT2D eigenvalue weighted by Crippen LogP contribution is -2.03. The summed E-state index contributed by atoms with van der Waals surface area (Å²) in [6, 6.07) is 74.4. The van der Waals surface area contributed by atoms with Crippen LogP contribution in [0.4, 0.5) is 0 Å². The fourth-order valence-electron chi connectivity index (χ4n) is 10.0. The molecule has 0 radical (unpaired) electrons. The van der Waals surface area contributed by atoms with Gasteiger partial charge in [-0.2, -0.15) is 0 Å². The summed E-state index contributed by atoms with van der Waals surface area (Å²) in [6.45, 7) is 0. The molecule has 0 N–H and O–H groups in total. The molecule has 10 aromatic carbocycles. The van der Waals surface area contributed by atoms with E-state index in [1.165, 1.54) is 106 Å². The van der Waals surface area contributed by atoms with Gasteiger partial charge < -0.3 is 4.42 Å². The molecule has 0 aliphatic rings. The van der Waals surface area contributed by atoms with Crippen molar-refractivity contribution in [1.29, 1.82) is 0 Å². The molecule has 1 unspecified atom stereocenters. The molecule has 0 saturated carbocycles. The predicted octanol–water partition coefficient (Wildman–Crippen LogP) is 17.7. The summed E-state index contributed by atoms with van der Waals surface area (Å²) in [5.41, 5.74) is 10.7. The third kappa shape index (κ3) is 5.88. The van der Waals surface area contributed by atoms with E-state index < -0.39 is 0 Å². The molecule has 3 aromatic heterocycles. The average Bonchev–Trinajstić information content (AvgIpc) is 4.02. The van der Waals surface area contributed by atoms with Crippen molar-refractivity contribution in [2.75, 3.05) is 0 Å². The summed E-state index contributed by atoms with van der Waals surface area (Å²) in [6.07, 6.45) is 1.93. The Kier molecular flexibility index (Phi) is 8.22. The molecule has 3 heteroatoms. The molecule has 0 bridgehead atoms. The van der Waals surface area contributed by atoms with E-state index in [0.29, 0.717) is 0 Å². The Morgan fingerprint density at radius 3 is 1.97 bits per heavy atom. The molecular formula is C59H38OS2. The molecule has 0 aliphatic carbocycles. The maximum absolute atomic E-state index is 6.58. The lowest BCUT2D eigenvalue weighted by Gasteiger charge is -2.19. The van der Waals surface area contributed by atoms with Crippen LogP contribution in [-0.4, -0.2) is 0 Å². The van der Waals surface area contributed by atoms with Gasteiger partial charge in [0, 0.05) is 57.0 Å². The van der Waals surface area contributed by atoms with Crippen LogP contribution < -0.4 is 0 Å². The van der Waals surface area contributed by atoms with Crippen molar-refractivity contribution in [3.8, 4) is 22.3 Å². The van der Waals surface area contributed by atoms with Crippen molar-refractivity contribution in [2.24, 2.45) is 0 Å². The fraction of sp³-hybridized carbons (Fsp3) is 0.0508. The SMILES string of the molecule is c1ccc2cc(-c3cccc4oc5ccc(C(CCc6ccc7c(ccc8c9ccccc9sc78)c6)c6ccc(-c7ccc8c(c7)sc7ccccc78)cc6)cc5c34)ccc2c1. The van der Waals surface area contributed by atoms with Gasteiger partial charge in [-0.15, -0.1) is 22.7 Å². The molecule has 1 nitrogen and oxygen atoms in total. The number of rotatable bonds is 7. The number of furan rings is 1. The van der Waals surface area contributed by atoms with E-state index in [1.807, 2.05) is 22.7 Å². The highest BCUT2D eigenvalue weighted by Crippen LogP contribution is 2.43. The normalized spacial score (nSPS) is 12.6. The highest BCUT2D eigenvalue weighted by atomic mass is 32.1. The number of thiophene rings is 2. The van der Waals surface area contributed by atoms with Gasteiger partial charge in [0.1, 0.15) is 11.2 Å². The second-order valence-corrected chi connectivity index (χ2v) is 18.9. The Bertz CT molecular complexity index is 3880. The van der Waals surface area contributed by atoms with Crippen molar-refractivity contribution in [2.45, 2.75) is 18.8 Å². The summed E-state index contributed by atoms with van der Waals surface area (Å²) in [5, 5.41) is 12.8. The zero-order valence-corrected chi connectivity index (χ0v) is 35.4. The van der Waals surface area contributed by atoms with Crippen LogP contribution in [0.15, 0.2) is 205 Å². The zero-order chi connectivity index (χ0) is 40.7. The summed E-state index contributed by atoms with van der Waals surface area (Å²) >= 11 is 3.78. The van der Waals surface area contributed by atoms with Gasteiger partial charge in [-0.25, -0.2) is 0 Å². The highest BCUT2D eigenvalue weighted by Gasteiger charge is 2.20. The number of benzene rings is 10. The predicted molar refractivity (Wildman–Crippen MR) is 268 cm³/mol. The van der Waals surface area contributed by atoms with Gasteiger partial charge in [0.15, 0.2) is 0 Å². The van der Waals surface area contributed by atoms with E-state index in [2.05, 4.69) is 200 Å². The average molecular weight is 827 g/mol. The van der Waals surface area contributed by atoms with Gasteiger partial charge >= 0.3 is 0 Å². The molecule has 0 aliphatic heterocycles. The van der Waals surface area contributed by atoms with Crippen LogP contribution in [-0.2, 0) is 6.42 Å². The number of fused-ring (bicyclic) bond motifs is 12. The first-order chi connectivity index (χ1) is 30.7. The van der Waals surface area contributed by atoms with Crippen LogP contribution in [0.1, 0.15) is 29.0 Å². The van der Waals surface area contributed by atoms with Crippen LogP contribution >= 0.6 is 22.7 Å². The lowest BCUT2D eigenvalue weighted by molar-refractivity contribution is 0.668. The molecule has 0 fully saturated rings. The lowest BCUT2D eigenvalue weighted by atomic mass is 9.84. The Balaban J connectivity index is 0.901. The highest BCUT2D eigenvalue weighted by molar-refractivity contribution is 7.26. The molecule has 0 spiro atoms. The first kappa shape index (κ1) is 35.7. The molecule has 0 saturated heterocycles. The Hall–Kier alpha value is -7.04. The van der Waals surface area contributed by atoms with Gasteiger partial charge in [-0.05, 0) is 116 Å². The number of aryl methyl sites for hydroxylation is 1. The van der Waals surface area contributed by atoms with Crippen LogP contribution in [0.5, 0.6) is 0 Å². The third-order valence-electron chi connectivity index (χ3n) is 13.2. The van der Waals surface area contributed by atoms with Gasteiger partial charge in [-0.1, -0.05) is 158 Å². The fourth-order valence-corrected chi connectivity index (χ4v) is 12.4. The van der Waals surface area contributed by atoms with Gasteiger partial charge in [0.25, 0.3) is 0 Å². The molecule has 13 aromatic rings. The van der Waals surface area contributed by atoms with Gasteiger partial charge in [0.2, 0.25) is 0 Å². The van der Waals surface area contributed by atoms with Crippen molar-refractivity contribution in [1.82, 2.24) is 0 Å². The van der Waals surface area contributed by atoms with Crippen LogP contribution in [0.25, 0.3) is 106 Å². The topological polar surface area (TPSA) is 13.1 Å². The molecule has 13 rings (SSSR count). The van der Waals surface area contributed by atoms with Crippen LogP contribution in [0, 0.1) is 0 Å². The van der Waals surface area contributed by atoms with E-state index in [0.717, 1.165) is 29.4 Å². The second-order valence-electron chi connectivity index (χ2n) is 16.7. The molecule has 0 amide bonds. The molecule has 3 heterocycles. The second kappa shape index (κ2) is 14.3. The number of hydrogen-bond acceptors (Lipinski definition) is 3. The Morgan fingerprint density at radius 2 is 1.08 bits per heavy atom. The largest absolute Gasteiger partial charge is 0.456 e. The maximum Gasteiger partial charge on any atom is 0.136 e. The minimum atomic E-state index is 0.178. The van der Waals surface area contributed by atoms with Crippen molar-refractivity contribution >= 4 is 107 Å². The van der Waals surface area contributed by atoms with Crippen molar-refractivity contribution in [3.05, 3.63) is 217 Å². The van der Waals surface area contributed by atoms with Gasteiger partial charge in [0.05, 0.1) is 0 Å². The molecule has 1 atom stereocenters. The minimum Gasteiger partial charge on any atom is -0.456 e. The third-order valence-corrected chi connectivity index (χ3v) is 15.5. The Labute approximate surface area is 366 Å². The Morgan fingerprint density at radius 1 is 0.387 bits per heavy atom. The maximum atomic E-state index is 6.58. The molecular weight excluding hydrogens is 789 g/mol. The summed E-state index contributed by atoms with van der Waals surface area (Å²) in [5.74, 6) is 0.178. The quantitative estimate of drug-likeness (QED) is 0.156. The van der Waals surface area contributed by atoms with E-state index in [4.69, 9.17) is 4.42 Å². The molecule has 62 heavy (non-hydrogen) atoms. The van der Waals surface area contributed by atoms with Crippen LogP contribution in [0.2, 0.25) is 0 Å².